The first kappa shape index (κ1) is 15.1. The summed E-state index contributed by atoms with van der Waals surface area (Å²) < 4.78 is 2.03. The number of aryl methyl sites for hydroxylation is 2. The quantitative estimate of drug-likeness (QED) is 0.885. The number of carbonyl (C=O) groups excluding carboxylic acids is 1. The number of carbonyl (C=O) groups is 2. The number of carboxylic acids is 1. The SMILES string of the molecule is Cn1cc(CCC(=O)NC(C)(C)C(=O)O)c2ccccc21. The highest BCUT2D eigenvalue weighted by molar-refractivity contribution is 5.87. The van der Waals surface area contributed by atoms with Crippen LogP contribution in [0.2, 0.25) is 0 Å². The molecule has 0 fully saturated rings. The molecule has 0 aliphatic rings. The van der Waals surface area contributed by atoms with Crippen molar-refractivity contribution in [2.45, 2.75) is 32.2 Å². The van der Waals surface area contributed by atoms with Gasteiger partial charge < -0.3 is 15.0 Å². The molecule has 0 aliphatic carbocycles. The van der Waals surface area contributed by atoms with Crippen molar-refractivity contribution in [3.05, 3.63) is 36.0 Å². The number of nitrogens with zero attached hydrogens (tertiary/aromatic N) is 1. The molecule has 0 saturated carbocycles. The number of aromatic nitrogens is 1. The van der Waals surface area contributed by atoms with Crippen LogP contribution >= 0.6 is 0 Å². The first-order valence-electron chi connectivity index (χ1n) is 6.88. The van der Waals surface area contributed by atoms with E-state index in [-0.39, 0.29) is 12.3 Å². The number of fused-ring (bicyclic) bond motifs is 1. The minimum atomic E-state index is -1.24. The summed E-state index contributed by atoms with van der Waals surface area (Å²) in [6.07, 6.45) is 2.87. The molecule has 1 aromatic heterocycles. The van der Waals surface area contributed by atoms with Gasteiger partial charge in [-0.05, 0) is 31.9 Å². The summed E-state index contributed by atoms with van der Waals surface area (Å²) in [5.74, 6) is -1.30. The average Bonchev–Trinajstić information content (AvgIpc) is 2.73. The van der Waals surface area contributed by atoms with Crippen molar-refractivity contribution in [3.8, 4) is 0 Å². The van der Waals surface area contributed by atoms with Crippen LogP contribution in [0.5, 0.6) is 0 Å². The molecule has 0 bridgehead atoms. The Hall–Kier alpha value is -2.30. The van der Waals surface area contributed by atoms with E-state index in [4.69, 9.17) is 5.11 Å². The molecule has 0 aliphatic heterocycles. The van der Waals surface area contributed by atoms with Gasteiger partial charge in [0.05, 0.1) is 0 Å². The second-order valence-electron chi connectivity index (χ2n) is 5.76. The number of nitrogens with one attached hydrogen (secondary N) is 1. The monoisotopic (exact) mass is 288 g/mol. The van der Waals surface area contributed by atoms with Crippen LogP contribution < -0.4 is 5.32 Å². The summed E-state index contributed by atoms with van der Waals surface area (Å²) in [6, 6.07) is 8.02. The molecule has 5 nitrogen and oxygen atoms in total. The zero-order valence-electron chi connectivity index (χ0n) is 12.5. The van der Waals surface area contributed by atoms with E-state index in [0.29, 0.717) is 6.42 Å². The van der Waals surface area contributed by atoms with Crippen molar-refractivity contribution in [1.29, 1.82) is 0 Å². The largest absolute Gasteiger partial charge is 0.480 e. The summed E-state index contributed by atoms with van der Waals surface area (Å²) in [4.78, 5) is 22.9. The summed E-state index contributed by atoms with van der Waals surface area (Å²) >= 11 is 0. The van der Waals surface area contributed by atoms with Crippen molar-refractivity contribution in [2.75, 3.05) is 0 Å². The minimum Gasteiger partial charge on any atom is -0.480 e. The fourth-order valence-electron chi connectivity index (χ4n) is 2.34. The molecule has 0 saturated heterocycles. The van der Waals surface area contributed by atoms with Crippen LogP contribution in [0, 0.1) is 0 Å². The van der Waals surface area contributed by atoms with Gasteiger partial charge in [0.1, 0.15) is 5.54 Å². The summed E-state index contributed by atoms with van der Waals surface area (Å²) in [5, 5.41) is 12.7. The van der Waals surface area contributed by atoms with Crippen LogP contribution in [0.4, 0.5) is 0 Å². The third-order valence-electron chi connectivity index (χ3n) is 3.59. The fraction of sp³-hybridized carbons (Fsp3) is 0.375. The van der Waals surface area contributed by atoms with Crippen molar-refractivity contribution in [2.24, 2.45) is 7.05 Å². The van der Waals surface area contributed by atoms with Crippen LogP contribution in [0.1, 0.15) is 25.8 Å². The molecule has 0 unspecified atom stereocenters. The van der Waals surface area contributed by atoms with Gasteiger partial charge in [-0.2, -0.15) is 0 Å². The predicted molar refractivity (Wildman–Crippen MR) is 81.1 cm³/mol. The van der Waals surface area contributed by atoms with E-state index in [9.17, 15) is 9.59 Å². The van der Waals surface area contributed by atoms with Crippen molar-refractivity contribution in [3.63, 3.8) is 0 Å². The van der Waals surface area contributed by atoms with Crippen LogP contribution in [0.25, 0.3) is 10.9 Å². The molecule has 21 heavy (non-hydrogen) atoms. The number of benzene rings is 1. The van der Waals surface area contributed by atoms with E-state index in [1.54, 1.807) is 0 Å². The summed E-state index contributed by atoms with van der Waals surface area (Å²) in [7, 11) is 1.97. The Balaban J connectivity index is 2.05. The maximum absolute atomic E-state index is 11.9. The van der Waals surface area contributed by atoms with E-state index in [0.717, 1.165) is 16.5 Å². The number of amides is 1. The van der Waals surface area contributed by atoms with Crippen LogP contribution in [0.15, 0.2) is 30.5 Å². The average molecular weight is 288 g/mol. The third kappa shape index (κ3) is 3.24. The third-order valence-corrected chi connectivity index (χ3v) is 3.59. The molecule has 2 rings (SSSR count). The summed E-state index contributed by atoms with van der Waals surface area (Å²) in [6.45, 7) is 2.95. The second-order valence-corrected chi connectivity index (χ2v) is 5.76. The topological polar surface area (TPSA) is 71.3 Å². The fourth-order valence-corrected chi connectivity index (χ4v) is 2.34. The normalized spacial score (nSPS) is 11.6. The molecule has 5 heteroatoms. The lowest BCUT2D eigenvalue weighted by atomic mass is 10.0. The molecular formula is C16H20N2O3. The lowest BCUT2D eigenvalue weighted by Crippen LogP contribution is -2.49. The molecule has 1 aromatic carbocycles. The first-order chi connectivity index (χ1) is 9.81. The molecule has 2 aromatic rings. The van der Waals surface area contributed by atoms with Crippen molar-refractivity contribution < 1.29 is 14.7 Å². The lowest BCUT2D eigenvalue weighted by molar-refractivity contribution is -0.146. The lowest BCUT2D eigenvalue weighted by Gasteiger charge is -2.20. The predicted octanol–water partition coefficient (Wildman–Crippen LogP) is 2.09. The smallest absolute Gasteiger partial charge is 0.328 e. The number of hydrogen-bond donors (Lipinski definition) is 2. The molecule has 1 amide bonds. The van der Waals surface area contributed by atoms with Gasteiger partial charge in [0.2, 0.25) is 5.91 Å². The zero-order chi connectivity index (χ0) is 15.6. The molecule has 0 atom stereocenters. The van der Waals surface area contributed by atoms with Crippen molar-refractivity contribution >= 4 is 22.8 Å². The molecular weight excluding hydrogens is 268 g/mol. The molecule has 112 valence electrons. The Morgan fingerprint density at radius 2 is 1.95 bits per heavy atom. The Morgan fingerprint density at radius 3 is 2.62 bits per heavy atom. The Bertz CT molecular complexity index is 686. The number of carboxylic acid groups (broad SMARTS) is 1. The van der Waals surface area contributed by atoms with Gasteiger partial charge in [-0.1, -0.05) is 18.2 Å². The minimum absolute atomic E-state index is 0.254. The molecule has 0 spiro atoms. The Morgan fingerprint density at radius 1 is 1.29 bits per heavy atom. The maximum Gasteiger partial charge on any atom is 0.328 e. The first-order valence-corrected chi connectivity index (χ1v) is 6.88. The van der Waals surface area contributed by atoms with E-state index < -0.39 is 11.5 Å². The molecule has 1 heterocycles. The van der Waals surface area contributed by atoms with E-state index >= 15 is 0 Å². The van der Waals surface area contributed by atoms with Gasteiger partial charge in [-0.25, -0.2) is 4.79 Å². The van der Waals surface area contributed by atoms with Gasteiger partial charge in [-0.15, -0.1) is 0 Å². The Labute approximate surface area is 123 Å². The van der Waals surface area contributed by atoms with E-state index in [1.807, 2.05) is 42.1 Å². The number of para-hydroxylation sites is 1. The second kappa shape index (κ2) is 5.60. The zero-order valence-corrected chi connectivity index (χ0v) is 12.5. The van der Waals surface area contributed by atoms with Gasteiger partial charge in [0.15, 0.2) is 0 Å². The standard InChI is InChI=1S/C16H20N2O3/c1-16(2,15(20)21)17-14(19)9-8-11-10-18(3)13-7-5-4-6-12(11)13/h4-7,10H,8-9H2,1-3H3,(H,17,19)(H,20,21). The number of aliphatic carboxylic acids is 1. The van der Waals surface area contributed by atoms with Crippen LogP contribution in [0.3, 0.4) is 0 Å². The van der Waals surface area contributed by atoms with Gasteiger partial charge in [0.25, 0.3) is 0 Å². The highest BCUT2D eigenvalue weighted by Gasteiger charge is 2.28. The Kier molecular flexibility index (Phi) is 4.02. The van der Waals surface area contributed by atoms with Crippen LogP contribution in [-0.4, -0.2) is 27.1 Å². The number of rotatable bonds is 5. The van der Waals surface area contributed by atoms with Crippen molar-refractivity contribution in [1.82, 2.24) is 9.88 Å². The molecule has 0 radical (unpaired) electrons. The number of hydrogen-bond acceptors (Lipinski definition) is 2. The van der Waals surface area contributed by atoms with E-state index in [1.165, 1.54) is 13.8 Å². The maximum atomic E-state index is 11.9. The van der Waals surface area contributed by atoms with E-state index in [2.05, 4.69) is 5.32 Å². The van der Waals surface area contributed by atoms with Gasteiger partial charge in [0, 0.05) is 30.6 Å². The van der Waals surface area contributed by atoms with Gasteiger partial charge >= 0.3 is 5.97 Å². The molecule has 2 N–H and O–H groups in total. The summed E-state index contributed by atoms with van der Waals surface area (Å²) in [5.41, 5.74) is 0.977. The highest BCUT2D eigenvalue weighted by Crippen LogP contribution is 2.21. The highest BCUT2D eigenvalue weighted by atomic mass is 16.4. The van der Waals surface area contributed by atoms with Gasteiger partial charge in [-0.3, -0.25) is 4.79 Å². The van der Waals surface area contributed by atoms with Crippen LogP contribution in [-0.2, 0) is 23.1 Å².